The third-order valence-corrected chi connectivity index (χ3v) is 3.94. The zero-order valence-electron chi connectivity index (χ0n) is 16.9. The van der Waals surface area contributed by atoms with Gasteiger partial charge in [-0.15, -0.1) is 0 Å². The maximum atomic E-state index is 12.5. The van der Waals surface area contributed by atoms with Gasteiger partial charge < -0.3 is 20.1 Å². The Balaban J connectivity index is 1.65. The summed E-state index contributed by atoms with van der Waals surface area (Å²) in [6, 6.07) is 15.3. The fourth-order valence-corrected chi connectivity index (χ4v) is 2.71. The Bertz CT molecular complexity index is 1030. The average Bonchev–Trinajstić information content (AvgIpc) is 2.68. The van der Waals surface area contributed by atoms with Gasteiger partial charge in [0.1, 0.15) is 5.75 Å². The van der Waals surface area contributed by atoms with Crippen LogP contribution in [0.2, 0.25) is 0 Å². The van der Waals surface area contributed by atoms with Crippen molar-refractivity contribution in [2.24, 2.45) is 0 Å². The molecule has 8 heteroatoms. The first-order valence-corrected chi connectivity index (χ1v) is 9.38. The highest BCUT2D eigenvalue weighted by Crippen LogP contribution is 2.20. The van der Waals surface area contributed by atoms with Crippen LogP contribution in [-0.2, 0) is 4.74 Å². The molecule has 8 nitrogen and oxygen atoms in total. The minimum Gasteiger partial charge on any atom is -0.434 e. The molecule has 1 aromatic heterocycles. The Labute approximate surface area is 174 Å². The van der Waals surface area contributed by atoms with Gasteiger partial charge in [0.25, 0.3) is 5.91 Å². The molecule has 3 rings (SSSR count). The molecular weight excluding hydrogens is 384 g/mol. The van der Waals surface area contributed by atoms with Crippen LogP contribution >= 0.6 is 0 Å². The minimum absolute atomic E-state index is 0.225. The van der Waals surface area contributed by atoms with Crippen molar-refractivity contribution < 1.29 is 19.1 Å². The van der Waals surface area contributed by atoms with E-state index in [2.05, 4.69) is 20.6 Å². The average molecular weight is 406 g/mol. The van der Waals surface area contributed by atoms with Gasteiger partial charge in [-0.25, -0.2) is 14.8 Å². The molecule has 0 aliphatic carbocycles. The number of hydrogen-bond acceptors (Lipinski definition) is 7. The van der Waals surface area contributed by atoms with E-state index in [0.29, 0.717) is 22.9 Å². The molecule has 0 unspecified atom stereocenters. The summed E-state index contributed by atoms with van der Waals surface area (Å²) in [5.74, 6) is 0.496. The zero-order valence-corrected chi connectivity index (χ0v) is 16.9. The van der Waals surface area contributed by atoms with Crippen LogP contribution < -0.4 is 15.4 Å². The number of ether oxygens (including phenoxy) is 2. The maximum absolute atomic E-state index is 12.5. The molecule has 0 saturated heterocycles. The van der Waals surface area contributed by atoms with Gasteiger partial charge in [-0.2, -0.15) is 0 Å². The van der Waals surface area contributed by atoms with E-state index in [-0.39, 0.29) is 12.5 Å². The van der Waals surface area contributed by atoms with Crippen molar-refractivity contribution >= 4 is 29.4 Å². The first-order valence-electron chi connectivity index (χ1n) is 9.38. The van der Waals surface area contributed by atoms with Crippen LogP contribution in [0.25, 0.3) is 0 Å². The fraction of sp³-hybridized carbons (Fsp3) is 0.182. The topological polar surface area (TPSA) is 102 Å². The van der Waals surface area contributed by atoms with Crippen molar-refractivity contribution in [3.05, 3.63) is 71.5 Å². The van der Waals surface area contributed by atoms with Crippen LogP contribution in [0.3, 0.4) is 0 Å². The number of hydrogen-bond donors (Lipinski definition) is 2. The van der Waals surface area contributed by atoms with Gasteiger partial charge in [0, 0.05) is 28.3 Å². The van der Waals surface area contributed by atoms with Gasteiger partial charge in [0.05, 0.1) is 6.61 Å². The molecule has 0 radical (unpaired) electrons. The predicted octanol–water partition coefficient (Wildman–Crippen LogP) is 4.62. The summed E-state index contributed by atoms with van der Waals surface area (Å²) in [5.41, 5.74) is 3.51. The number of carbonyl (C=O) groups excluding carboxylic acids is 2. The van der Waals surface area contributed by atoms with Crippen LogP contribution in [0.5, 0.6) is 5.75 Å². The lowest BCUT2D eigenvalue weighted by atomic mass is 10.2. The number of aromatic nitrogens is 2. The van der Waals surface area contributed by atoms with Crippen LogP contribution in [0.1, 0.15) is 28.7 Å². The van der Waals surface area contributed by atoms with E-state index in [4.69, 9.17) is 9.47 Å². The standard InChI is InChI=1S/C22H22N4O4/c1-4-29-22(28)30-19-10-8-16(9-11-19)20(27)25-17-6-5-7-18(13-17)26-21-23-14(2)12-15(3)24-21/h5-13H,4H2,1-3H3,(H,25,27)(H,23,24,26). The third-order valence-electron chi connectivity index (χ3n) is 3.94. The predicted molar refractivity (Wildman–Crippen MR) is 113 cm³/mol. The van der Waals surface area contributed by atoms with Gasteiger partial charge in [0.2, 0.25) is 5.95 Å². The van der Waals surface area contributed by atoms with Gasteiger partial charge >= 0.3 is 6.16 Å². The quantitative estimate of drug-likeness (QED) is 0.455. The van der Waals surface area contributed by atoms with Crippen molar-refractivity contribution in [1.29, 1.82) is 0 Å². The van der Waals surface area contributed by atoms with Gasteiger partial charge in [-0.1, -0.05) is 6.07 Å². The summed E-state index contributed by atoms with van der Waals surface area (Å²) in [7, 11) is 0. The minimum atomic E-state index is -0.785. The molecule has 1 heterocycles. The van der Waals surface area contributed by atoms with Crippen LogP contribution in [0.15, 0.2) is 54.6 Å². The lowest BCUT2D eigenvalue weighted by molar-refractivity contribution is 0.102. The Morgan fingerprint density at radius 3 is 2.27 bits per heavy atom. The molecule has 0 saturated carbocycles. The van der Waals surface area contributed by atoms with Crippen LogP contribution in [0, 0.1) is 13.8 Å². The lowest BCUT2D eigenvalue weighted by Gasteiger charge is -2.10. The Hall–Kier alpha value is -3.94. The third kappa shape index (κ3) is 5.78. The lowest BCUT2D eigenvalue weighted by Crippen LogP contribution is -2.13. The summed E-state index contributed by atoms with van der Waals surface area (Å²) in [6.45, 7) is 5.72. The summed E-state index contributed by atoms with van der Waals surface area (Å²) >= 11 is 0. The second kappa shape index (κ2) is 9.51. The largest absolute Gasteiger partial charge is 0.513 e. The van der Waals surface area contributed by atoms with E-state index in [1.807, 2.05) is 32.0 Å². The molecule has 154 valence electrons. The molecule has 0 aliphatic rings. The molecular formula is C22H22N4O4. The van der Waals surface area contributed by atoms with Gasteiger partial charge in [0.15, 0.2) is 0 Å². The Morgan fingerprint density at radius 2 is 1.60 bits per heavy atom. The molecule has 2 N–H and O–H groups in total. The van der Waals surface area contributed by atoms with E-state index in [1.165, 1.54) is 12.1 Å². The van der Waals surface area contributed by atoms with E-state index < -0.39 is 6.16 Å². The number of nitrogens with zero attached hydrogens (tertiary/aromatic N) is 2. The van der Waals surface area contributed by atoms with E-state index in [1.54, 1.807) is 31.2 Å². The summed E-state index contributed by atoms with van der Waals surface area (Å²) in [5, 5.41) is 5.98. The van der Waals surface area contributed by atoms with E-state index >= 15 is 0 Å². The smallest absolute Gasteiger partial charge is 0.434 e. The molecule has 2 aromatic carbocycles. The van der Waals surface area contributed by atoms with Crippen molar-refractivity contribution in [1.82, 2.24) is 9.97 Å². The van der Waals surface area contributed by atoms with Crippen molar-refractivity contribution in [3.63, 3.8) is 0 Å². The monoisotopic (exact) mass is 406 g/mol. The number of nitrogens with one attached hydrogen (secondary N) is 2. The number of anilines is 3. The fourth-order valence-electron chi connectivity index (χ4n) is 2.71. The molecule has 0 bridgehead atoms. The normalized spacial score (nSPS) is 10.2. The zero-order chi connectivity index (χ0) is 21.5. The molecule has 30 heavy (non-hydrogen) atoms. The second-order valence-electron chi connectivity index (χ2n) is 6.44. The van der Waals surface area contributed by atoms with Crippen molar-refractivity contribution in [2.45, 2.75) is 20.8 Å². The maximum Gasteiger partial charge on any atom is 0.513 e. The summed E-state index contributed by atoms with van der Waals surface area (Å²) < 4.78 is 9.70. The summed E-state index contributed by atoms with van der Waals surface area (Å²) in [4.78, 5) is 32.6. The highest BCUT2D eigenvalue weighted by Gasteiger charge is 2.09. The molecule has 1 amide bonds. The first kappa shape index (κ1) is 20.8. The van der Waals surface area contributed by atoms with Gasteiger partial charge in [-0.3, -0.25) is 4.79 Å². The molecule has 0 fully saturated rings. The SMILES string of the molecule is CCOC(=O)Oc1ccc(C(=O)Nc2cccc(Nc3nc(C)cc(C)n3)c2)cc1. The first-order chi connectivity index (χ1) is 14.4. The van der Waals surface area contributed by atoms with Crippen molar-refractivity contribution in [3.8, 4) is 5.75 Å². The molecule has 0 aliphatic heterocycles. The number of benzene rings is 2. The van der Waals surface area contributed by atoms with Crippen molar-refractivity contribution in [2.75, 3.05) is 17.2 Å². The summed E-state index contributed by atoms with van der Waals surface area (Å²) in [6.07, 6.45) is -0.785. The van der Waals surface area contributed by atoms with E-state index in [9.17, 15) is 9.59 Å². The Kier molecular flexibility index (Phi) is 6.59. The highest BCUT2D eigenvalue weighted by atomic mass is 16.7. The van der Waals surface area contributed by atoms with E-state index in [0.717, 1.165) is 17.1 Å². The number of rotatable bonds is 6. The van der Waals surface area contributed by atoms with Gasteiger partial charge in [-0.05, 0) is 69.3 Å². The number of aryl methyl sites for hydroxylation is 2. The second-order valence-corrected chi connectivity index (χ2v) is 6.44. The highest BCUT2D eigenvalue weighted by molar-refractivity contribution is 6.04. The number of carbonyl (C=O) groups is 2. The van der Waals surface area contributed by atoms with Crippen LogP contribution in [-0.4, -0.2) is 28.6 Å². The molecule has 0 spiro atoms. The Morgan fingerprint density at radius 1 is 0.933 bits per heavy atom. The number of amides is 1. The van der Waals surface area contributed by atoms with Crippen LogP contribution in [0.4, 0.5) is 22.1 Å². The molecule has 0 atom stereocenters. The molecule has 3 aromatic rings.